The predicted octanol–water partition coefficient (Wildman–Crippen LogP) is 3.95. The Balaban J connectivity index is 1.20. The third-order valence-electron chi connectivity index (χ3n) is 9.16. The van der Waals surface area contributed by atoms with E-state index in [1.165, 1.54) is 24.4 Å². The van der Waals surface area contributed by atoms with Crippen LogP contribution >= 0.6 is 0 Å². The average Bonchev–Trinajstić information content (AvgIpc) is 3.08. The van der Waals surface area contributed by atoms with Crippen LogP contribution < -0.4 is 14.2 Å². The smallest absolute Gasteiger partial charge is 0.416 e. The number of aliphatic carboxylic acids is 1. The van der Waals surface area contributed by atoms with Crippen LogP contribution in [0.3, 0.4) is 0 Å². The van der Waals surface area contributed by atoms with Crippen molar-refractivity contribution in [1.29, 1.82) is 0 Å². The second-order valence-corrected chi connectivity index (χ2v) is 12.5. The number of rotatable bonds is 9. The van der Waals surface area contributed by atoms with E-state index in [2.05, 4.69) is 9.88 Å². The van der Waals surface area contributed by atoms with Gasteiger partial charge in [-0.1, -0.05) is 12.1 Å². The first-order valence-corrected chi connectivity index (χ1v) is 15.8. The Morgan fingerprint density at radius 3 is 2.38 bits per heavy atom. The number of benzene rings is 3. The SMILES string of the molecule is O=C(O)[C@H]1O[C@@H](Oc2ccc3c4c(cnc3c2)-c2ccc(C(F)(F)F)cc2O[C@@H]4c2ccc(OCCN3CC(CF)C3)cc2)[C@H](O)[C@@H](O)[C@@H]1O. The number of nitrogens with zero attached hydrogens (tertiary/aromatic N) is 2. The number of pyridine rings is 1. The van der Waals surface area contributed by atoms with Gasteiger partial charge in [-0.2, -0.15) is 13.2 Å². The number of likely N-dealkylation sites (tertiary alicyclic amines) is 1. The molecule has 0 amide bonds. The second-order valence-electron chi connectivity index (χ2n) is 12.5. The fraction of sp³-hybridized carbons (Fsp3) is 0.371. The zero-order valence-corrected chi connectivity index (χ0v) is 26.2. The second kappa shape index (κ2) is 13.3. The number of aromatic nitrogens is 1. The van der Waals surface area contributed by atoms with Crippen molar-refractivity contribution in [3.8, 4) is 28.4 Å². The fourth-order valence-corrected chi connectivity index (χ4v) is 6.48. The Labute approximate surface area is 282 Å². The molecule has 264 valence electrons. The summed E-state index contributed by atoms with van der Waals surface area (Å²) >= 11 is 0. The molecule has 4 heterocycles. The molecule has 11 nitrogen and oxygen atoms in total. The van der Waals surface area contributed by atoms with Crippen LogP contribution in [0.1, 0.15) is 22.8 Å². The lowest BCUT2D eigenvalue weighted by molar-refractivity contribution is -0.271. The van der Waals surface area contributed by atoms with Gasteiger partial charge in [-0.05, 0) is 48.0 Å². The maximum Gasteiger partial charge on any atom is 0.416 e. The van der Waals surface area contributed by atoms with Crippen LogP contribution in [0.2, 0.25) is 0 Å². The highest BCUT2D eigenvalue weighted by atomic mass is 19.4. The van der Waals surface area contributed by atoms with Crippen LogP contribution in [0.4, 0.5) is 17.6 Å². The molecule has 7 rings (SSSR count). The molecule has 1 aromatic heterocycles. The predicted molar refractivity (Wildman–Crippen MR) is 167 cm³/mol. The van der Waals surface area contributed by atoms with Crippen LogP contribution in [0, 0.1) is 5.92 Å². The van der Waals surface area contributed by atoms with Gasteiger partial charge >= 0.3 is 12.1 Å². The van der Waals surface area contributed by atoms with Crippen LogP contribution in [0.25, 0.3) is 22.0 Å². The van der Waals surface area contributed by atoms with Gasteiger partial charge in [-0.25, -0.2) is 4.79 Å². The molecule has 3 aliphatic rings. The molecule has 0 saturated carbocycles. The molecule has 0 unspecified atom stereocenters. The Morgan fingerprint density at radius 1 is 0.940 bits per heavy atom. The van der Waals surface area contributed by atoms with Gasteiger partial charge in [0.05, 0.1) is 17.8 Å². The molecule has 3 aliphatic heterocycles. The monoisotopic (exact) mass is 700 g/mol. The molecule has 0 spiro atoms. The first-order chi connectivity index (χ1) is 23.9. The number of carboxylic acid groups (broad SMARTS) is 1. The molecule has 3 aromatic carbocycles. The first kappa shape index (κ1) is 33.9. The number of hydrogen-bond donors (Lipinski definition) is 4. The minimum atomic E-state index is -4.59. The molecule has 0 aliphatic carbocycles. The number of halogens is 4. The summed E-state index contributed by atoms with van der Waals surface area (Å²) in [6, 6.07) is 14.9. The van der Waals surface area contributed by atoms with Gasteiger partial charge in [0.15, 0.2) is 12.2 Å². The minimum Gasteiger partial charge on any atom is -0.492 e. The topological polar surface area (TPSA) is 151 Å². The number of fused-ring (bicyclic) bond motifs is 5. The van der Waals surface area contributed by atoms with Gasteiger partial charge < -0.3 is 39.4 Å². The van der Waals surface area contributed by atoms with Crippen LogP contribution in [-0.2, 0) is 15.7 Å². The summed E-state index contributed by atoms with van der Waals surface area (Å²) in [6.07, 6.45) is -13.0. The zero-order valence-electron chi connectivity index (χ0n) is 26.2. The third-order valence-corrected chi connectivity index (χ3v) is 9.16. The normalized spacial score (nSPS) is 25.3. The Hall–Kier alpha value is -4.54. The molecule has 0 bridgehead atoms. The number of alkyl halides is 4. The highest BCUT2D eigenvalue weighted by molar-refractivity contribution is 5.92. The van der Waals surface area contributed by atoms with Crippen molar-refractivity contribution >= 4 is 16.9 Å². The van der Waals surface area contributed by atoms with Crippen LogP contribution in [0.5, 0.6) is 17.2 Å². The van der Waals surface area contributed by atoms with E-state index < -0.39 is 54.5 Å². The summed E-state index contributed by atoms with van der Waals surface area (Å²) in [4.78, 5) is 18.1. The number of aliphatic hydroxyl groups is 3. The summed E-state index contributed by atoms with van der Waals surface area (Å²) < 4.78 is 76.9. The lowest BCUT2D eigenvalue weighted by atomic mass is 9.87. The molecule has 0 radical (unpaired) electrons. The van der Waals surface area contributed by atoms with E-state index in [0.717, 1.165) is 12.1 Å². The summed E-state index contributed by atoms with van der Waals surface area (Å²) in [6.45, 7) is 2.10. The molecule has 15 heteroatoms. The highest BCUT2D eigenvalue weighted by Crippen LogP contribution is 2.49. The van der Waals surface area contributed by atoms with Gasteiger partial charge in [0.2, 0.25) is 6.29 Å². The molecule has 4 N–H and O–H groups in total. The number of ether oxygens (including phenoxy) is 4. The first-order valence-electron chi connectivity index (χ1n) is 15.8. The quantitative estimate of drug-likeness (QED) is 0.188. The summed E-state index contributed by atoms with van der Waals surface area (Å²) in [5.41, 5.74) is 1.68. The molecule has 2 fully saturated rings. The summed E-state index contributed by atoms with van der Waals surface area (Å²) in [5.74, 6) is -0.799. The third kappa shape index (κ3) is 6.42. The van der Waals surface area contributed by atoms with Gasteiger partial charge in [-0.3, -0.25) is 14.3 Å². The van der Waals surface area contributed by atoms with Crippen LogP contribution in [0.15, 0.2) is 66.9 Å². The highest BCUT2D eigenvalue weighted by Gasteiger charge is 2.48. The van der Waals surface area contributed by atoms with Crippen LogP contribution in [-0.4, -0.2) is 99.9 Å². The van der Waals surface area contributed by atoms with Crippen molar-refractivity contribution in [3.63, 3.8) is 0 Å². The van der Waals surface area contributed by atoms with Gasteiger partial charge in [0, 0.05) is 59.9 Å². The van der Waals surface area contributed by atoms with Gasteiger partial charge in [0.1, 0.15) is 42.2 Å². The Bertz CT molecular complexity index is 1890. The average molecular weight is 701 g/mol. The van der Waals surface area contributed by atoms with E-state index in [1.54, 1.807) is 30.3 Å². The number of carboxylic acids is 1. The van der Waals surface area contributed by atoms with E-state index in [4.69, 9.17) is 18.9 Å². The minimum absolute atomic E-state index is 0.0250. The number of aliphatic hydroxyl groups excluding tert-OH is 3. The van der Waals surface area contributed by atoms with Crippen molar-refractivity contribution in [3.05, 3.63) is 83.6 Å². The molecular formula is C35H32F4N2O9. The maximum atomic E-state index is 13.7. The van der Waals surface area contributed by atoms with Crippen molar-refractivity contribution < 1.29 is 61.7 Å². The molecular weight excluding hydrogens is 668 g/mol. The van der Waals surface area contributed by atoms with E-state index in [1.807, 2.05) is 0 Å². The lowest BCUT2D eigenvalue weighted by Gasteiger charge is -2.38. The van der Waals surface area contributed by atoms with Gasteiger partial charge in [-0.15, -0.1) is 0 Å². The maximum absolute atomic E-state index is 13.7. The zero-order chi connectivity index (χ0) is 35.3. The van der Waals surface area contributed by atoms with E-state index in [-0.39, 0.29) is 24.1 Å². The largest absolute Gasteiger partial charge is 0.492 e. The standard InChI is InChI=1S/C35H32F4N2O9/c36-13-17-15-41(16-17)9-10-47-20-4-1-18(2-5-20)31-27-23-8-6-21(48-34-30(44)28(42)29(43)32(50-34)33(45)46)12-25(23)40-14-24(27)22-7-3-19(35(37,38)39)11-26(22)49-31/h1-8,11-12,14,17,28-32,34,42-44H,9-10,13,15-16H2,(H,45,46)/t28-,29-,30+,31+,32-,34+/m0/s1. The fourth-order valence-electron chi connectivity index (χ4n) is 6.48. The van der Waals surface area contributed by atoms with E-state index in [0.29, 0.717) is 65.1 Å². The Kier molecular flexibility index (Phi) is 9.03. The van der Waals surface area contributed by atoms with E-state index >= 15 is 0 Å². The summed E-state index contributed by atoms with van der Waals surface area (Å²) in [5, 5.41) is 40.5. The van der Waals surface area contributed by atoms with Gasteiger partial charge in [0.25, 0.3) is 0 Å². The number of carbonyl (C=O) groups is 1. The van der Waals surface area contributed by atoms with E-state index in [9.17, 15) is 42.8 Å². The summed E-state index contributed by atoms with van der Waals surface area (Å²) in [7, 11) is 0. The Morgan fingerprint density at radius 2 is 1.68 bits per heavy atom. The number of hydrogen-bond acceptors (Lipinski definition) is 10. The van der Waals surface area contributed by atoms with Crippen molar-refractivity contribution in [2.24, 2.45) is 5.92 Å². The molecule has 4 aromatic rings. The lowest BCUT2D eigenvalue weighted by Crippen LogP contribution is -2.61. The van der Waals surface area contributed by atoms with Crippen molar-refractivity contribution in [2.75, 3.05) is 32.9 Å². The van der Waals surface area contributed by atoms with Crippen molar-refractivity contribution in [2.45, 2.75) is 43.0 Å². The molecule has 6 atom stereocenters. The molecule has 2 saturated heterocycles. The van der Waals surface area contributed by atoms with Crippen molar-refractivity contribution in [1.82, 2.24) is 9.88 Å². The molecule has 50 heavy (non-hydrogen) atoms.